The van der Waals surface area contributed by atoms with Crippen LogP contribution in [0.3, 0.4) is 0 Å². The second-order valence-corrected chi connectivity index (χ2v) is 8.34. The van der Waals surface area contributed by atoms with E-state index in [1.807, 2.05) is 38.1 Å². The molecule has 0 radical (unpaired) electrons. The van der Waals surface area contributed by atoms with Crippen molar-refractivity contribution >= 4 is 15.9 Å². The van der Waals surface area contributed by atoms with E-state index >= 15 is 0 Å². The number of amides is 1. The molecular weight excluding hydrogens is 352 g/mol. The molecule has 2 aromatic rings. The molecule has 1 aromatic carbocycles. The summed E-state index contributed by atoms with van der Waals surface area (Å²) in [5.41, 5.74) is 2.42. The molecule has 26 heavy (non-hydrogen) atoms. The molecule has 1 aromatic heterocycles. The topological polar surface area (TPSA) is 79.6 Å². The van der Waals surface area contributed by atoms with Gasteiger partial charge in [-0.1, -0.05) is 17.7 Å². The van der Waals surface area contributed by atoms with Crippen LogP contribution in [0, 0.1) is 27.7 Å². The molecule has 0 atom stereocenters. The predicted octanol–water partition coefficient (Wildman–Crippen LogP) is 2.84. The zero-order valence-corrected chi connectivity index (χ0v) is 16.7. The Balaban J connectivity index is 1.95. The normalized spacial score (nSPS) is 11.6. The van der Waals surface area contributed by atoms with Crippen LogP contribution < -0.4 is 4.72 Å². The maximum absolute atomic E-state index is 12.6. The largest absolute Gasteiger partial charge is 0.464 e. The number of rotatable bonds is 7. The summed E-state index contributed by atoms with van der Waals surface area (Å²) in [4.78, 5) is 14.0. The summed E-state index contributed by atoms with van der Waals surface area (Å²) in [7, 11) is -1.98. The lowest BCUT2D eigenvalue weighted by Crippen LogP contribution is -2.32. The number of nitrogens with one attached hydrogen (secondary N) is 1. The SMILES string of the molecule is Cc1cc(C)c(S(=O)(=O)NCCC(=O)N(C)Cc2ccc(C)o2)c(C)c1. The lowest BCUT2D eigenvalue weighted by Gasteiger charge is -2.17. The molecule has 1 N–H and O–H groups in total. The van der Waals surface area contributed by atoms with Gasteiger partial charge in [0.1, 0.15) is 11.5 Å². The van der Waals surface area contributed by atoms with E-state index in [4.69, 9.17) is 4.42 Å². The van der Waals surface area contributed by atoms with Crippen LogP contribution in [0.4, 0.5) is 0 Å². The van der Waals surface area contributed by atoms with Gasteiger partial charge in [0.05, 0.1) is 11.4 Å². The molecule has 0 spiro atoms. The number of carbonyl (C=O) groups excluding carboxylic acids is 1. The van der Waals surface area contributed by atoms with Crippen molar-refractivity contribution in [2.75, 3.05) is 13.6 Å². The number of hydrogen-bond donors (Lipinski definition) is 1. The molecule has 0 saturated carbocycles. The number of sulfonamides is 1. The van der Waals surface area contributed by atoms with E-state index in [0.717, 1.165) is 11.3 Å². The second-order valence-electron chi connectivity index (χ2n) is 6.64. The maximum atomic E-state index is 12.6. The monoisotopic (exact) mass is 378 g/mol. The first-order chi connectivity index (χ1) is 12.1. The molecule has 0 saturated heterocycles. The smallest absolute Gasteiger partial charge is 0.241 e. The molecule has 142 valence electrons. The van der Waals surface area contributed by atoms with Crippen molar-refractivity contribution in [3.8, 4) is 0 Å². The van der Waals surface area contributed by atoms with Crippen molar-refractivity contribution in [1.82, 2.24) is 9.62 Å². The van der Waals surface area contributed by atoms with Gasteiger partial charge in [0, 0.05) is 20.0 Å². The minimum Gasteiger partial charge on any atom is -0.464 e. The van der Waals surface area contributed by atoms with Crippen LogP contribution in [-0.2, 0) is 21.4 Å². The lowest BCUT2D eigenvalue weighted by molar-refractivity contribution is -0.130. The van der Waals surface area contributed by atoms with E-state index in [9.17, 15) is 13.2 Å². The van der Waals surface area contributed by atoms with Gasteiger partial charge in [0.2, 0.25) is 15.9 Å². The van der Waals surface area contributed by atoms with Crippen LogP contribution in [0.1, 0.15) is 34.6 Å². The molecular formula is C19H26N2O4S. The van der Waals surface area contributed by atoms with Crippen molar-refractivity contribution in [2.24, 2.45) is 0 Å². The minimum absolute atomic E-state index is 0.0510. The highest BCUT2D eigenvalue weighted by molar-refractivity contribution is 7.89. The van der Waals surface area contributed by atoms with Gasteiger partial charge in [-0.05, 0) is 51.0 Å². The number of benzene rings is 1. The highest BCUT2D eigenvalue weighted by Gasteiger charge is 2.20. The van der Waals surface area contributed by atoms with Gasteiger partial charge < -0.3 is 9.32 Å². The molecule has 7 heteroatoms. The first kappa shape index (κ1) is 20.2. The third kappa shape index (κ3) is 4.95. The highest BCUT2D eigenvalue weighted by Crippen LogP contribution is 2.21. The second kappa shape index (κ2) is 8.05. The molecule has 0 aliphatic heterocycles. The van der Waals surface area contributed by atoms with Gasteiger partial charge >= 0.3 is 0 Å². The quantitative estimate of drug-likeness (QED) is 0.803. The Morgan fingerprint density at radius 1 is 1.12 bits per heavy atom. The third-order valence-electron chi connectivity index (χ3n) is 4.12. The average Bonchev–Trinajstić information content (AvgIpc) is 2.90. The van der Waals surface area contributed by atoms with Gasteiger partial charge in [0.15, 0.2) is 0 Å². The summed E-state index contributed by atoms with van der Waals surface area (Å²) in [6.45, 7) is 7.73. The molecule has 6 nitrogen and oxygen atoms in total. The minimum atomic E-state index is -3.65. The van der Waals surface area contributed by atoms with Crippen molar-refractivity contribution in [3.63, 3.8) is 0 Å². The highest BCUT2D eigenvalue weighted by atomic mass is 32.2. The summed E-state index contributed by atoms with van der Waals surface area (Å²) in [6.07, 6.45) is 0.0827. The molecule has 0 aliphatic rings. The summed E-state index contributed by atoms with van der Waals surface area (Å²) in [5.74, 6) is 1.33. The van der Waals surface area contributed by atoms with Crippen LogP contribution in [0.25, 0.3) is 0 Å². The van der Waals surface area contributed by atoms with E-state index in [0.29, 0.717) is 23.4 Å². The van der Waals surface area contributed by atoms with E-state index in [-0.39, 0.29) is 23.8 Å². The summed E-state index contributed by atoms with van der Waals surface area (Å²) >= 11 is 0. The third-order valence-corrected chi connectivity index (χ3v) is 5.88. The van der Waals surface area contributed by atoms with Crippen LogP contribution in [-0.4, -0.2) is 32.8 Å². The Kier molecular flexibility index (Phi) is 6.26. The molecule has 0 bridgehead atoms. The molecule has 0 fully saturated rings. The maximum Gasteiger partial charge on any atom is 0.241 e. The standard InChI is InChI=1S/C19H26N2O4S/c1-13-10-14(2)19(15(3)11-13)26(23,24)20-9-8-18(22)21(5)12-17-7-6-16(4)25-17/h6-7,10-11,20H,8-9,12H2,1-5H3. The van der Waals surface area contributed by atoms with Crippen molar-refractivity contribution < 1.29 is 17.6 Å². The molecule has 0 aliphatic carbocycles. The molecule has 0 unspecified atom stereocenters. The van der Waals surface area contributed by atoms with Gasteiger partial charge in [0.25, 0.3) is 0 Å². The number of furan rings is 1. The van der Waals surface area contributed by atoms with Gasteiger partial charge in [-0.15, -0.1) is 0 Å². The van der Waals surface area contributed by atoms with E-state index in [2.05, 4.69) is 4.72 Å². The number of carbonyl (C=O) groups is 1. The Morgan fingerprint density at radius 3 is 2.27 bits per heavy atom. The van der Waals surface area contributed by atoms with E-state index in [1.54, 1.807) is 20.9 Å². The number of hydrogen-bond acceptors (Lipinski definition) is 4. The zero-order chi connectivity index (χ0) is 19.5. The fourth-order valence-electron chi connectivity index (χ4n) is 3.04. The van der Waals surface area contributed by atoms with Gasteiger partial charge in [-0.25, -0.2) is 13.1 Å². The van der Waals surface area contributed by atoms with Gasteiger partial charge in [-0.3, -0.25) is 4.79 Å². The lowest BCUT2D eigenvalue weighted by atomic mass is 10.1. The van der Waals surface area contributed by atoms with E-state index < -0.39 is 10.0 Å². The summed E-state index contributed by atoms with van der Waals surface area (Å²) < 4.78 is 33.1. The Morgan fingerprint density at radius 2 is 1.73 bits per heavy atom. The zero-order valence-electron chi connectivity index (χ0n) is 15.9. The fraction of sp³-hybridized carbons (Fsp3) is 0.421. The van der Waals surface area contributed by atoms with Crippen LogP contribution >= 0.6 is 0 Å². The van der Waals surface area contributed by atoms with Crippen molar-refractivity contribution in [2.45, 2.75) is 45.6 Å². The number of aryl methyl sites for hydroxylation is 4. The Hall–Kier alpha value is -2.12. The fourth-order valence-corrected chi connectivity index (χ4v) is 4.52. The van der Waals surface area contributed by atoms with Crippen molar-refractivity contribution in [3.05, 3.63) is 52.5 Å². The molecule has 1 heterocycles. The van der Waals surface area contributed by atoms with Crippen molar-refractivity contribution in [1.29, 1.82) is 0 Å². The van der Waals surface area contributed by atoms with E-state index in [1.165, 1.54) is 4.90 Å². The Labute approximate surface area is 155 Å². The van der Waals surface area contributed by atoms with Crippen LogP contribution in [0.5, 0.6) is 0 Å². The first-order valence-electron chi connectivity index (χ1n) is 8.47. The summed E-state index contributed by atoms with van der Waals surface area (Å²) in [6, 6.07) is 7.34. The molecule has 2 rings (SSSR count). The van der Waals surface area contributed by atoms with Crippen LogP contribution in [0.2, 0.25) is 0 Å². The van der Waals surface area contributed by atoms with Gasteiger partial charge in [-0.2, -0.15) is 0 Å². The summed E-state index contributed by atoms with van der Waals surface area (Å²) in [5, 5.41) is 0. The number of nitrogens with zero attached hydrogens (tertiary/aromatic N) is 1. The predicted molar refractivity (Wildman–Crippen MR) is 100 cm³/mol. The average molecular weight is 378 g/mol. The van der Waals surface area contributed by atoms with Crippen LogP contribution in [0.15, 0.2) is 33.6 Å². The Bertz CT molecular complexity index is 877. The first-order valence-corrected chi connectivity index (χ1v) is 9.95. The molecule has 1 amide bonds.